The molecule has 0 aliphatic heterocycles. The predicted molar refractivity (Wildman–Crippen MR) is 120 cm³/mol. The molecule has 31 heavy (non-hydrogen) atoms. The Morgan fingerprint density at radius 2 is 2.03 bits per heavy atom. The van der Waals surface area contributed by atoms with Crippen LogP contribution in [0.15, 0.2) is 52.4 Å². The molecule has 1 amide bonds. The molecular weight excluding hydrogens is 441 g/mol. The maximum atomic E-state index is 13.2. The molecule has 0 aliphatic carbocycles. The Bertz CT molecular complexity index is 1340. The first-order valence-electron chi connectivity index (χ1n) is 9.74. The van der Waals surface area contributed by atoms with Gasteiger partial charge in [-0.1, -0.05) is 48.8 Å². The number of benzene rings is 2. The fourth-order valence-electron chi connectivity index (χ4n) is 3.25. The van der Waals surface area contributed by atoms with Gasteiger partial charge in [0.1, 0.15) is 5.82 Å². The molecule has 4 rings (SSSR count). The minimum absolute atomic E-state index is 0.0386. The Morgan fingerprint density at radius 3 is 2.81 bits per heavy atom. The second-order valence-electron chi connectivity index (χ2n) is 6.91. The van der Waals surface area contributed by atoms with Crippen LogP contribution in [-0.4, -0.2) is 30.8 Å². The summed E-state index contributed by atoms with van der Waals surface area (Å²) in [5.41, 5.74) is 0.910. The Labute approximate surface area is 186 Å². The van der Waals surface area contributed by atoms with E-state index in [1.54, 1.807) is 15.0 Å². The summed E-state index contributed by atoms with van der Waals surface area (Å²) in [5.74, 6) is -0.314. The van der Waals surface area contributed by atoms with Crippen LogP contribution < -0.4 is 10.9 Å². The topological polar surface area (TPSA) is 81.3 Å². The number of carbonyl (C=O) groups is 1. The number of anilines is 1. The zero-order valence-corrected chi connectivity index (χ0v) is 18.2. The number of para-hydroxylation sites is 1. The van der Waals surface area contributed by atoms with Crippen molar-refractivity contribution in [2.45, 2.75) is 31.5 Å². The van der Waals surface area contributed by atoms with Gasteiger partial charge in [-0.15, -0.1) is 10.2 Å². The van der Waals surface area contributed by atoms with Crippen molar-refractivity contribution < 1.29 is 9.18 Å². The Balaban J connectivity index is 1.64. The van der Waals surface area contributed by atoms with E-state index in [4.69, 9.17) is 11.6 Å². The Morgan fingerprint density at radius 1 is 1.23 bits per heavy atom. The summed E-state index contributed by atoms with van der Waals surface area (Å²) in [4.78, 5) is 25.4. The van der Waals surface area contributed by atoms with Crippen molar-refractivity contribution in [2.24, 2.45) is 0 Å². The number of rotatable bonds is 7. The smallest absolute Gasteiger partial charge is 0.262 e. The quantitative estimate of drug-likeness (QED) is 0.415. The number of aryl methyl sites for hydroxylation is 1. The third kappa shape index (κ3) is 4.28. The minimum Gasteiger partial charge on any atom is -0.324 e. The Kier molecular flexibility index (Phi) is 6.24. The summed E-state index contributed by atoms with van der Waals surface area (Å²) in [6.07, 6.45) is 1.78. The highest BCUT2D eigenvalue weighted by atomic mass is 35.5. The molecule has 2 aromatic heterocycles. The van der Waals surface area contributed by atoms with Crippen molar-refractivity contribution >= 4 is 51.6 Å². The van der Waals surface area contributed by atoms with Gasteiger partial charge in [0.15, 0.2) is 5.16 Å². The number of unbranched alkanes of at least 4 members (excludes halogenated alkanes) is 1. The van der Waals surface area contributed by atoms with Gasteiger partial charge in [-0.05, 0) is 36.8 Å². The molecule has 160 valence electrons. The molecule has 0 fully saturated rings. The lowest BCUT2D eigenvalue weighted by Gasteiger charge is -2.11. The van der Waals surface area contributed by atoms with E-state index in [2.05, 4.69) is 22.4 Å². The zero-order chi connectivity index (χ0) is 22.0. The van der Waals surface area contributed by atoms with E-state index in [1.807, 2.05) is 18.2 Å². The SMILES string of the molecule is CCCCn1c(=O)c2ccccc2n2c(SCC(=O)Nc3ccc(F)cc3Cl)nnc12. The van der Waals surface area contributed by atoms with Gasteiger partial charge in [0.05, 0.1) is 27.4 Å². The number of hydrogen-bond donors (Lipinski definition) is 1. The average Bonchev–Trinajstić information content (AvgIpc) is 3.18. The zero-order valence-electron chi connectivity index (χ0n) is 16.6. The van der Waals surface area contributed by atoms with Gasteiger partial charge in [-0.25, -0.2) is 4.39 Å². The fourth-order valence-corrected chi connectivity index (χ4v) is 4.21. The number of amides is 1. The predicted octanol–water partition coefficient (Wildman–Crippen LogP) is 4.37. The van der Waals surface area contributed by atoms with Crippen LogP contribution in [0.1, 0.15) is 19.8 Å². The number of hydrogen-bond acceptors (Lipinski definition) is 5. The first-order chi connectivity index (χ1) is 15.0. The maximum absolute atomic E-state index is 13.2. The monoisotopic (exact) mass is 459 g/mol. The van der Waals surface area contributed by atoms with Crippen LogP contribution in [0.5, 0.6) is 0 Å². The van der Waals surface area contributed by atoms with Crippen molar-refractivity contribution in [3.8, 4) is 0 Å². The van der Waals surface area contributed by atoms with E-state index >= 15 is 0 Å². The number of carbonyl (C=O) groups excluding carboxylic acids is 1. The number of halogens is 2. The average molecular weight is 460 g/mol. The van der Waals surface area contributed by atoms with E-state index in [1.165, 1.54) is 23.9 Å². The summed E-state index contributed by atoms with van der Waals surface area (Å²) < 4.78 is 16.6. The third-order valence-electron chi connectivity index (χ3n) is 4.75. The van der Waals surface area contributed by atoms with E-state index in [-0.39, 0.29) is 22.2 Å². The molecule has 0 aliphatic rings. The van der Waals surface area contributed by atoms with Crippen LogP contribution in [0.2, 0.25) is 5.02 Å². The molecule has 1 N–H and O–H groups in total. The lowest BCUT2D eigenvalue weighted by molar-refractivity contribution is -0.113. The van der Waals surface area contributed by atoms with Gasteiger partial charge in [0.25, 0.3) is 5.56 Å². The molecule has 0 saturated carbocycles. The first kappa shape index (κ1) is 21.3. The van der Waals surface area contributed by atoms with Crippen LogP contribution in [-0.2, 0) is 11.3 Å². The van der Waals surface area contributed by atoms with E-state index in [9.17, 15) is 14.0 Å². The number of fused-ring (bicyclic) bond motifs is 3. The first-order valence-corrected chi connectivity index (χ1v) is 11.1. The van der Waals surface area contributed by atoms with Gasteiger partial charge < -0.3 is 5.32 Å². The maximum Gasteiger partial charge on any atom is 0.262 e. The molecule has 7 nitrogen and oxygen atoms in total. The molecule has 0 unspecified atom stereocenters. The fraction of sp³-hybridized carbons (Fsp3) is 0.238. The molecule has 0 bridgehead atoms. The molecule has 4 aromatic rings. The highest BCUT2D eigenvalue weighted by Gasteiger charge is 2.17. The number of nitrogens with one attached hydrogen (secondary N) is 1. The van der Waals surface area contributed by atoms with Gasteiger partial charge in [-0.2, -0.15) is 0 Å². The summed E-state index contributed by atoms with van der Waals surface area (Å²) in [5, 5.41) is 12.3. The molecule has 2 heterocycles. The molecule has 0 saturated heterocycles. The molecule has 10 heteroatoms. The van der Waals surface area contributed by atoms with Crippen molar-refractivity contribution in [1.29, 1.82) is 0 Å². The minimum atomic E-state index is -0.478. The van der Waals surface area contributed by atoms with Crippen LogP contribution in [0.4, 0.5) is 10.1 Å². The van der Waals surface area contributed by atoms with Crippen LogP contribution in [0.3, 0.4) is 0 Å². The summed E-state index contributed by atoms with van der Waals surface area (Å²) >= 11 is 7.16. The van der Waals surface area contributed by atoms with Gasteiger partial charge >= 0.3 is 0 Å². The van der Waals surface area contributed by atoms with Crippen LogP contribution >= 0.6 is 23.4 Å². The largest absolute Gasteiger partial charge is 0.324 e. The van der Waals surface area contributed by atoms with Gasteiger partial charge in [0.2, 0.25) is 11.7 Å². The Hall–Kier alpha value is -2.91. The van der Waals surface area contributed by atoms with Gasteiger partial charge in [-0.3, -0.25) is 18.6 Å². The van der Waals surface area contributed by atoms with Crippen molar-refractivity contribution in [3.63, 3.8) is 0 Å². The standard InChI is InChI=1S/C21H19ClFN5O2S/c1-2-3-10-27-19(30)14-6-4-5-7-17(14)28-20(27)25-26-21(28)31-12-18(29)24-16-9-8-13(23)11-15(16)22/h4-9,11H,2-3,10,12H2,1H3,(H,24,29). The lowest BCUT2D eigenvalue weighted by Crippen LogP contribution is -2.23. The second-order valence-corrected chi connectivity index (χ2v) is 8.26. The van der Waals surface area contributed by atoms with Crippen molar-refractivity contribution in [1.82, 2.24) is 19.2 Å². The van der Waals surface area contributed by atoms with Crippen LogP contribution in [0.25, 0.3) is 16.7 Å². The van der Waals surface area contributed by atoms with E-state index in [0.717, 1.165) is 18.9 Å². The normalized spacial score (nSPS) is 11.3. The molecule has 0 spiro atoms. The molecule has 0 radical (unpaired) electrons. The van der Waals surface area contributed by atoms with E-state index < -0.39 is 5.82 Å². The number of aromatic nitrogens is 4. The number of nitrogens with zero attached hydrogens (tertiary/aromatic N) is 4. The summed E-state index contributed by atoms with van der Waals surface area (Å²) in [6, 6.07) is 11.0. The highest BCUT2D eigenvalue weighted by molar-refractivity contribution is 7.99. The highest BCUT2D eigenvalue weighted by Crippen LogP contribution is 2.24. The van der Waals surface area contributed by atoms with Crippen LogP contribution in [0, 0.1) is 5.82 Å². The lowest BCUT2D eigenvalue weighted by atomic mass is 10.2. The second kappa shape index (κ2) is 9.07. The molecule has 2 aromatic carbocycles. The molecular formula is C21H19ClFN5O2S. The molecule has 0 atom stereocenters. The van der Waals surface area contributed by atoms with Crippen molar-refractivity contribution in [2.75, 3.05) is 11.1 Å². The summed E-state index contributed by atoms with van der Waals surface area (Å²) in [6.45, 7) is 2.59. The van der Waals surface area contributed by atoms with E-state index in [0.29, 0.717) is 34.1 Å². The summed E-state index contributed by atoms with van der Waals surface area (Å²) in [7, 11) is 0. The number of thioether (sulfide) groups is 1. The van der Waals surface area contributed by atoms with Gasteiger partial charge in [0, 0.05) is 6.54 Å². The van der Waals surface area contributed by atoms with Crippen molar-refractivity contribution in [3.05, 3.63) is 63.7 Å². The third-order valence-corrected chi connectivity index (χ3v) is 5.99.